The first kappa shape index (κ1) is 13.9. The summed E-state index contributed by atoms with van der Waals surface area (Å²) in [7, 11) is 0. The van der Waals surface area contributed by atoms with Crippen molar-refractivity contribution in [1.29, 1.82) is 0 Å². The van der Waals surface area contributed by atoms with Gasteiger partial charge in [-0.15, -0.1) is 0 Å². The summed E-state index contributed by atoms with van der Waals surface area (Å²) in [5.41, 5.74) is 0. The highest BCUT2D eigenvalue weighted by Crippen LogP contribution is 2.30. The maximum Gasteiger partial charge on any atom is 0.225 e. The first-order chi connectivity index (χ1) is 8.70. The molecular weight excluding hydrogens is 224 g/mol. The minimum atomic E-state index is 0.204. The molecule has 2 atom stereocenters. The normalized spacial score (nSPS) is 25.1. The average Bonchev–Trinajstić information content (AvgIpc) is 3.02. The van der Waals surface area contributed by atoms with E-state index in [1.807, 2.05) is 0 Å². The van der Waals surface area contributed by atoms with Gasteiger partial charge in [0.05, 0.1) is 0 Å². The summed E-state index contributed by atoms with van der Waals surface area (Å²) in [6.45, 7) is 7.32. The molecule has 0 aromatic heterocycles. The van der Waals surface area contributed by atoms with Crippen molar-refractivity contribution in [3.8, 4) is 0 Å². The smallest absolute Gasteiger partial charge is 0.225 e. The van der Waals surface area contributed by atoms with Gasteiger partial charge in [0.25, 0.3) is 0 Å². The second kappa shape index (κ2) is 6.55. The highest BCUT2D eigenvalue weighted by atomic mass is 16.2. The molecule has 104 valence electrons. The van der Waals surface area contributed by atoms with E-state index in [9.17, 15) is 4.79 Å². The van der Waals surface area contributed by atoms with Gasteiger partial charge < -0.3 is 10.2 Å². The van der Waals surface area contributed by atoms with Crippen LogP contribution in [0, 0.1) is 11.8 Å². The molecule has 1 amide bonds. The molecule has 1 aliphatic heterocycles. The average molecular weight is 252 g/mol. The molecule has 2 fully saturated rings. The van der Waals surface area contributed by atoms with Crippen molar-refractivity contribution in [2.75, 3.05) is 19.6 Å². The van der Waals surface area contributed by atoms with Crippen molar-refractivity contribution in [2.24, 2.45) is 11.8 Å². The highest BCUT2D eigenvalue weighted by Gasteiger charge is 2.30. The van der Waals surface area contributed by atoms with Crippen LogP contribution in [0.5, 0.6) is 0 Å². The molecule has 0 radical (unpaired) electrons. The van der Waals surface area contributed by atoms with E-state index in [0.29, 0.717) is 11.9 Å². The molecule has 3 heteroatoms. The van der Waals surface area contributed by atoms with Gasteiger partial charge in [-0.1, -0.05) is 20.3 Å². The summed E-state index contributed by atoms with van der Waals surface area (Å²) in [5.74, 6) is 1.39. The highest BCUT2D eigenvalue weighted by molar-refractivity contribution is 5.78. The van der Waals surface area contributed by atoms with E-state index >= 15 is 0 Å². The zero-order chi connectivity index (χ0) is 13.0. The number of amides is 1. The van der Waals surface area contributed by atoms with E-state index in [2.05, 4.69) is 24.1 Å². The fourth-order valence-electron chi connectivity index (χ4n) is 2.91. The van der Waals surface area contributed by atoms with Gasteiger partial charge in [-0.05, 0) is 44.6 Å². The molecular formula is C15H28N2O. The van der Waals surface area contributed by atoms with Crippen LogP contribution in [0.3, 0.4) is 0 Å². The van der Waals surface area contributed by atoms with Crippen LogP contribution in [0.25, 0.3) is 0 Å². The summed E-state index contributed by atoms with van der Waals surface area (Å²) in [6, 6.07) is 0.543. The van der Waals surface area contributed by atoms with Gasteiger partial charge in [0.1, 0.15) is 0 Å². The van der Waals surface area contributed by atoms with Crippen molar-refractivity contribution in [3.63, 3.8) is 0 Å². The minimum absolute atomic E-state index is 0.204. The lowest BCUT2D eigenvalue weighted by molar-refractivity contribution is -0.135. The van der Waals surface area contributed by atoms with Crippen molar-refractivity contribution < 1.29 is 4.79 Å². The van der Waals surface area contributed by atoms with Crippen molar-refractivity contribution in [1.82, 2.24) is 10.2 Å². The van der Waals surface area contributed by atoms with E-state index in [4.69, 9.17) is 0 Å². The maximum absolute atomic E-state index is 12.5. The quantitative estimate of drug-likeness (QED) is 0.754. The number of hydrogen-bond acceptors (Lipinski definition) is 2. The third-order valence-electron chi connectivity index (χ3n) is 4.23. The van der Waals surface area contributed by atoms with Crippen LogP contribution < -0.4 is 5.32 Å². The van der Waals surface area contributed by atoms with Gasteiger partial charge >= 0.3 is 0 Å². The van der Waals surface area contributed by atoms with Gasteiger partial charge in [-0.3, -0.25) is 4.79 Å². The standard InChI is InChI=1S/C15H28N2O/c1-3-5-12(2)15(18)17(10-13-7-8-13)11-14-6-4-9-16-14/h12-14,16H,3-11H2,1-2H3. The summed E-state index contributed by atoms with van der Waals surface area (Å²) >= 11 is 0. The maximum atomic E-state index is 12.5. The molecule has 0 spiro atoms. The Morgan fingerprint density at radius 3 is 2.67 bits per heavy atom. The Hall–Kier alpha value is -0.570. The van der Waals surface area contributed by atoms with Crippen molar-refractivity contribution >= 4 is 5.91 Å². The van der Waals surface area contributed by atoms with Gasteiger partial charge in [-0.2, -0.15) is 0 Å². The molecule has 2 unspecified atom stereocenters. The van der Waals surface area contributed by atoms with E-state index in [0.717, 1.165) is 38.4 Å². The molecule has 2 rings (SSSR count). The Morgan fingerprint density at radius 2 is 2.11 bits per heavy atom. The van der Waals surface area contributed by atoms with Crippen LogP contribution in [0.2, 0.25) is 0 Å². The van der Waals surface area contributed by atoms with E-state index in [1.54, 1.807) is 0 Å². The lowest BCUT2D eigenvalue weighted by Gasteiger charge is -2.28. The Morgan fingerprint density at radius 1 is 1.33 bits per heavy atom. The Bertz CT molecular complexity index is 270. The predicted molar refractivity (Wildman–Crippen MR) is 74.4 cm³/mol. The summed E-state index contributed by atoms with van der Waals surface area (Å²) < 4.78 is 0. The Labute approximate surface area is 111 Å². The molecule has 2 aliphatic rings. The molecule has 1 saturated heterocycles. The van der Waals surface area contributed by atoms with Gasteiger partial charge in [0.2, 0.25) is 5.91 Å². The van der Waals surface area contributed by atoms with Crippen molar-refractivity contribution in [2.45, 2.75) is 58.4 Å². The Balaban J connectivity index is 1.87. The SMILES string of the molecule is CCCC(C)C(=O)N(CC1CC1)CC1CCCN1. The molecule has 0 aromatic carbocycles. The van der Waals surface area contributed by atoms with E-state index in [-0.39, 0.29) is 5.92 Å². The first-order valence-electron chi connectivity index (χ1n) is 7.73. The Kier molecular flexibility index (Phi) is 5.04. The third-order valence-corrected chi connectivity index (χ3v) is 4.23. The fraction of sp³-hybridized carbons (Fsp3) is 0.933. The number of nitrogens with zero attached hydrogens (tertiary/aromatic N) is 1. The monoisotopic (exact) mass is 252 g/mol. The largest absolute Gasteiger partial charge is 0.341 e. The van der Waals surface area contributed by atoms with Crippen LogP contribution >= 0.6 is 0 Å². The second-order valence-corrected chi connectivity index (χ2v) is 6.17. The molecule has 1 saturated carbocycles. The van der Waals surface area contributed by atoms with Crippen molar-refractivity contribution in [3.05, 3.63) is 0 Å². The van der Waals surface area contributed by atoms with Crippen LogP contribution in [0.15, 0.2) is 0 Å². The lowest BCUT2D eigenvalue weighted by atomic mass is 10.0. The first-order valence-corrected chi connectivity index (χ1v) is 7.73. The zero-order valence-electron chi connectivity index (χ0n) is 12.0. The number of carbonyl (C=O) groups excluding carboxylic acids is 1. The predicted octanol–water partition coefficient (Wildman–Crippen LogP) is 2.41. The van der Waals surface area contributed by atoms with E-state index in [1.165, 1.54) is 25.7 Å². The summed E-state index contributed by atoms with van der Waals surface area (Å²) in [6.07, 6.45) is 7.27. The van der Waals surface area contributed by atoms with Crippen LogP contribution in [0.4, 0.5) is 0 Å². The molecule has 18 heavy (non-hydrogen) atoms. The number of carbonyl (C=O) groups is 1. The van der Waals surface area contributed by atoms with Gasteiger partial charge in [-0.25, -0.2) is 0 Å². The van der Waals surface area contributed by atoms with Gasteiger partial charge in [0, 0.05) is 25.0 Å². The molecule has 1 N–H and O–H groups in total. The fourth-order valence-corrected chi connectivity index (χ4v) is 2.91. The molecule has 1 aliphatic carbocycles. The molecule has 0 aromatic rings. The van der Waals surface area contributed by atoms with E-state index < -0.39 is 0 Å². The third kappa shape index (κ3) is 3.98. The number of rotatable bonds is 7. The zero-order valence-corrected chi connectivity index (χ0v) is 12.0. The number of hydrogen-bond donors (Lipinski definition) is 1. The second-order valence-electron chi connectivity index (χ2n) is 6.17. The summed E-state index contributed by atoms with van der Waals surface area (Å²) in [4.78, 5) is 14.6. The van der Waals surface area contributed by atoms with Crippen LogP contribution in [0.1, 0.15) is 52.4 Å². The lowest BCUT2D eigenvalue weighted by Crippen LogP contribution is -2.44. The van der Waals surface area contributed by atoms with Gasteiger partial charge in [0.15, 0.2) is 0 Å². The van der Waals surface area contributed by atoms with Crippen LogP contribution in [-0.2, 0) is 4.79 Å². The number of nitrogens with one attached hydrogen (secondary N) is 1. The molecule has 1 heterocycles. The molecule has 0 bridgehead atoms. The molecule has 3 nitrogen and oxygen atoms in total. The minimum Gasteiger partial charge on any atom is -0.341 e. The summed E-state index contributed by atoms with van der Waals surface area (Å²) in [5, 5.41) is 3.51. The van der Waals surface area contributed by atoms with Crippen LogP contribution in [-0.4, -0.2) is 36.5 Å². The topological polar surface area (TPSA) is 32.3 Å².